The molecule has 1 aromatic carbocycles. The van der Waals surface area contributed by atoms with Crippen LogP contribution >= 0.6 is 27.7 Å². The summed E-state index contributed by atoms with van der Waals surface area (Å²) in [5, 5.41) is 4.44. The quantitative estimate of drug-likeness (QED) is 0.372. The maximum absolute atomic E-state index is 10.8. The summed E-state index contributed by atoms with van der Waals surface area (Å²) in [6, 6.07) is 6.95. The van der Waals surface area contributed by atoms with Crippen LogP contribution in [0.3, 0.4) is 0 Å². The molecule has 0 saturated heterocycles. The van der Waals surface area contributed by atoms with Gasteiger partial charge >= 0.3 is 5.97 Å². The molecule has 0 atom stereocenters. The molecule has 1 aromatic rings. The average molecular weight is 292 g/mol. The third kappa shape index (κ3) is 3.89. The zero-order chi connectivity index (χ0) is 11.3. The molecule has 80 valence electrons. The molecule has 0 unspecified atom stereocenters. The molecule has 0 aliphatic carbocycles. The van der Waals surface area contributed by atoms with E-state index in [0.717, 1.165) is 11.9 Å². The summed E-state index contributed by atoms with van der Waals surface area (Å²) in [4.78, 5) is 10.8. The maximum Gasteiger partial charge on any atom is 0.350 e. The normalized spacial score (nSPS) is 10.3. The van der Waals surface area contributed by atoms with Crippen LogP contribution < -0.4 is 4.03 Å². The van der Waals surface area contributed by atoms with Crippen LogP contribution in [0.4, 0.5) is 5.69 Å². The molecule has 0 aliphatic rings. The Morgan fingerprint density at radius 1 is 1.53 bits per heavy atom. The van der Waals surface area contributed by atoms with E-state index >= 15 is 0 Å². The maximum atomic E-state index is 10.8. The zero-order valence-electron chi connectivity index (χ0n) is 7.85. The second-order valence-electron chi connectivity index (χ2n) is 2.50. The third-order valence-electron chi connectivity index (χ3n) is 1.51. The Bertz CT molecular complexity index is 367. The monoisotopic (exact) mass is 290 g/mol. The molecule has 0 heterocycles. The fraction of sp³-hybridized carbons (Fsp3) is 0.111. The van der Waals surface area contributed by atoms with Gasteiger partial charge in [-0.3, -0.25) is 0 Å². The molecule has 0 aliphatic heterocycles. The minimum atomic E-state index is -0.520. The van der Waals surface area contributed by atoms with E-state index in [9.17, 15) is 4.79 Å². The lowest BCUT2D eigenvalue weighted by atomic mass is 10.3. The Morgan fingerprint density at radius 2 is 2.13 bits per heavy atom. The lowest BCUT2D eigenvalue weighted by Crippen LogP contribution is -2.06. The number of carbonyl (C=O) groups is 1. The lowest BCUT2D eigenvalue weighted by Gasteiger charge is -2.08. The number of methoxy groups -OCH3 is 1. The van der Waals surface area contributed by atoms with Crippen LogP contribution in [0, 0.1) is 0 Å². The van der Waals surface area contributed by atoms with Crippen LogP contribution in [0.5, 0.6) is 0 Å². The van der Waals surface area contributed by atoms with Crippen LogP contribution in [0.1, 0.15) is 0 Å². The van der Waals surface area contributed by atoms with E-state index in [2.05, 4.69) is 26.0 Å². The van der Waals surface area contributed by atoms with Gasteiger partial charge in [0.05, 0.1) is 28.9 Å². The summed E-state index contributed by atoms with van der Waals surface area (Å²) in [5.41, 5.74) is 0.750. The minimum absolute atomic E-state index is 0.520. The Hall–Kier alpha value is -1.07. The Kier molecular flexibility index (Phi) is 4.58. The summed E-state index contributed by atoms with van der Waals surface area (Å²) in [7, 11) is 1.29. The third-order valence-corrected chi connectivity index (χ3v) is 2.35. The number of hydrogen-bond donors (Lipinski definition) is 0. The van der Waals surface area contributed by atoms with Crippen molar-refractivity contribution in [2.24, 2.45) is 5.10 Å². The smallest absolute Gasteiger partial charge is 0.350 e. The predicted molar refractivity (Wildman–Crippen MR) is 63.4 cm³/mol. The Labute approximate surface area is 101 Å². The molecule has 0 radical (unpaired) electrons. The van der Waals surface area contributed by atoms with Crippen LogP contribution in [-0.2, 0) is 9.53 Å². The van der Waals surface area contributed by atoms with Crippen molar-refractivity contribution < 1.29 is 9.53 Å². The van der Waals surface area contributed by atoms with Crippen LogP contribution in [-0.4, -0.2) is 19.3 Å². The molecule has 15 heavy (non-hydrogen) atoms. The van der Waals surface area contributed by atoms with Gasteiger partial charge in [-0.25, -0.2) is 4.79 Å². The highest BCUT2D eigenvalue weighted by molar-refractivity contribution is 9.10. The second-order valence-corrected chi connectivity index (χ2v) is 3.61. The largest absolute Gasteiger partial charge is 0.465 e. The van der Waals surface area contributed by atoms with Crippen molar-refractivity contribution in [3.63, 3.8) is 0 Å². The van der Waals surface area contributed by atoms with Crippen molar-refractivity contribution in [2.75, 3.05) is 11.1 Å². The predicted octanol–water partition coefficient (Wildman–Crippen LogP) is 2.62. The van der Waals surface area contributed by atoms with Gasteiger partial charge < -0.3 is 4.74 Å². The number of esters is 1. The fourth-order valence-corrected chi connectivity index (χ4v) is 1.24. The van der Waals surface area contributed by atoms with E-state index < -0.39 is 5.97 Å². The lowest BCUT2D eigenvalue weighted by molar-refractivity contribution is -0.132. The highest BCUT2D eigenvalue weighted by Crippen LogP contribution is 2.20. The summed E-state index contributed by atoms with van der Waals surface area (Å²) >= 11 is 8.87. The van der Waals surface area contributed by atoms with Crippen LogP contribution in [0.2, 0.25) is 5.02 Å². The number of anilines is 1. The molecule has 4 nitrogen and oxygen atoms in total. The van der Waals surface area contributed by atoms with E-state index in [-0.39, 0.29) is 0 Å². The second kappa shape index (κ2) is 5.72. The molecule has 0 bridgehead atoms. The van der Waals surface area contributed by atoms with Gasteiger partial charge in [0.25, 0.3) is 0 Å². The first-order chi connectivity index (χ1) is 7.13. The summed E-state index contributed by atoms with van der Waals surface area (Å²) in [5.74, 6) is -0.520. The first-order valence-corrected chi connectivity index (χ1v) is 5.05. The summed E-state index contributed by atoms with van der Waals surface area (Å²) in [6.07, 6.45) is 1.06. The molecule has 0 spiro atoms. The van der Waals surface area contributed by atoms with Gasteiger partial charge in [-0.2, -0.15) is 9.14 Å². The first kappa shape index (κ1) is 12.0. The number of nitrogens with zero attached hydrogens (tertiary/aromatic N) is 2. The molecule has 0 aromatic heterocycles. The molecule has 6 heteroatoms. The molecule has 0 saturated carbocycles. The molecule has 0 fully saturated rings. The van der Waals surface area contributed by atoms with Gasteiger partial charge in [0, 0.05) is 5.02 Å². The minimum Gasteiger partial charge on any atom is -0.465 e. The van der Waals surface area contributed by atoms with Crippen molar-refractivity contribution in [1.82, 2.24) is 0 Å². The van der Waals surface area contributed by atoms with Crippen molar-refractivity contribution in [3.8, 4) is 0 Å². The van der Waals surface area contributed by atoms with Crippen molar-refractivity contribution in [3.05, 3.63) is 29.3 Å². The van der Waals surface area contributed by atoms with Gasteiger partial charge in [-0.1, -0.05) is 11.6 Å². The van der Waals surface area contributed by atoms with Crippen molar-refractivity contribution in [2.45, 2.75) is 0 Å². The molecule has 1 rings (SSSR count). The number of hydrazone groups is 1. The molecular weight excluding hydrogens is 283 g/mol. The highest BCUT2D eigenvalue weighted by Gasteiger charge is 2.00. The number of hydrogen-bond acceptors (Lipinski definition) is 4. The van der Waals surface area contributed by atoms with Gasteiger partial charge in [0.15, 0.2) is 0 Å². The van der Waals surface area contributed by atoms with E-state index in [1.165, 1.54) is 11.1 Å². The zero-order valence-corrected chi connectivity index (χ0v) is 10.2. The van der Waals surface area contributed by atoms with Gasteiger partial charge in [0.2, 0.25) is 0 Å². The Balaban J connectivity index is 2.68. The summed E-state index contributed by atoms with van der Waals surface area (Å²) < 4.78 is 5.76. The molecule has 0 amide bonds. The number of halogens is 2. The summed E-state index contributed by atoms with van der Waals surface area (Å²) in [6.45, 7) is 0. The van der Waals surface area contributed by atoms with Crippen molar-refractivity contribution >= 4 is 45.6 Å². The number of rotatable bonds is 3. The number of benzene rings is 1. The van der Waals surface area contributed by atoms with Gasteiger partial charge in [-0.05, 0) is 24.3 Å². The standard InChI is InChI=1S/C9H8BrClN2O2/c1-15-9(14)6-12-13(10)8-4-2-7(11)3-5-8/h2-6H,1H3. The van der Waals surface area contributed by atoms with Crippen LogP contribution in [0.15, 0.2) is 29.4 Å². The van der Waals surface area contributed by atoms with Gasteiger partial charge in [-0.15, -0.1) is 0 Å². The van der Waals surface area contributed by atoms with E-state index in [1.54, 1.807) is 24.3 Å². The SMILES string of the molecule is COC(=O)C=NN(Br)c1ccc(Cl)cc1. The molecule has 0 N–H and O–H groups in total. The molecular formula is C9H8BrClN2O2. The Morgan fingerprint density at radius 3 is 2.67 bits per heavy atom. The fourth-order valence-electron chi connectivity index (χ4n) is 0.781. The van der Waals surface area contributed by atoms with Gasteiger partial charge in [0.1, 0.15) is 6.21 Å². The number of carbonyl (C=O) groups excluding carboxylic acids is 1. The van der Waals surface area contributed by atoms with Crippen molar-refractivity contribution in [1.29, 1.82) is 0 Å². The van der Waals surface area contributed by atoms with Crippen LogP contribution in [0.25, 0.3) is 0 Å². The topological polar surface area (TPSA) is 41.9 Å². The van der Waals surface area contributed by atoms with E-state index in [1.807, 2.05) is 0 Å². The number of ether oxygens (including phenoxy) is 1. The van der Waals surface area contributed by atoms with E-state index in [0.29, 0.717) is 5.02 Å². The average Bonchev–Trinajstić information content (AvgIpc) is 2.26. The first-order valence-electron chi connectivity index (χ1n) is 3.97. The highest BCUT2D eigenvalue weighted by atomic mass is 79.9. The van der Waals surface area contributed by atoms with E-state index in [4.69, 9.17) is 11.6 Å².